The summed E-state index contributed by atoms with van der Waals surface area (Å²) < 4.78 is 18.2. The molecule has 1 amide bonds. The van der Waals surface area contributed by atoms with E-state index in [2.05, 4.69) is 0 Å². The molecule has 1 saturated heterocycles. The van der Waals surface area contributed by atoms with Crippen LogP contribution in [0.15, 0.2) is 24.3 Å². The fraction of sp³-hybridized carbons (Fsp3) is 0.500. The molecule has 0 aromatic heterocycles. The van der Waals surface area contributed by atoms with Gasteiger partial charge in [-0.05, 0) is 30.5 Å². The van der Waals surface area contributed by atoms with Gasteiger partial charge in [0.25, 0.3) is 0 Å². The minimum Gasteiger partial charge on any atom is -0.444 e. The first-order valence-electron chi connectivity index (χ1n) is 6.20. The van der Waals surface area contributed by atoms with Gasteiger partial charge < -0.3 is 4.74 Å². The second kappa shape index (κ2) is 4.96. The number of halogens is 1. The highest BCUT2D eigenvalue weighted by Crippen LogP contribution is 2.26. The first kappa shape index (κ1) is 12.9. The summed E-state index contributed by atoms with van der Waals surface area (Å²) in [6.45, 7) is 6.52. The van der Waals surface area contributed by atoms with E-state index >= 15 is 0 Å². The molecule has 1 unspecified atom stereocenters. The molecule has 1 aliphatic heterocycles. The molecule has 1 aromatic rings. The predicted molar refractivity (Wildman–Crippen MR) is 66.5 cm³/mol. The van der Waals surface area contributed by atoms with Gasteiger partial charge in [-0.15, -0.1) is 0 Å². The van der Waals surface area contributed by atoms with Gasteiger partial charge >= 0.3 is 6.09 Å². The molecule has 1 fully saturated rings. The number of amides is 1. The molecule has 2 rings (SSSR count). The fourth-order valence-electron chi connectivity index (χ4n) is 2.31. The molecule has 98 valence electrons. The van der Waals surface area contributed by atoms with Gasteiger partial charge in [-0.1, -0.05) is 26.0 Å². The van der Waals surface area contributed by atoms with Crippen LogP contribution < -0.4 is 0 Å². The number of carbonyl (C=O) groups is 1. The summed E-state index contributed by atoms with van der Waals surface area (Å²) >= 11 is 0. The molecule has 2 atom stereocenters. The quantitative estimate of drug-likeness (QED) is 0.825. The predicted octanol–water partition coefficient (Wildman–Crippen LogP) is 3.19. The van der Waals surface area contributed by atoms with Gasteiger partial charge in [0.15, 0.2) is 0 Å². The van der Waals surface area contributed by atoms with Crippen molar-refractivity contribution in [3.8, 4) is 0 Å². The van der Waals surface area contributed by atoms with Crippen LogP contribution in [0.2, 0.25) is 0 Å². The fourth-order valence-corrected chi connectivity index (χ4v) is 2.31. The van der Waals surface area contributed by atoms with Crippen molar-refractivity contribution < 1.29 is 13.9 Å². The Morgan fingerprint density at radius 3 is 2.44 bits per heavy atom. The van der Waals surface area contributed by atoms with Gasteiger partial charge in [-0.25, -0.2) is 9.18 Å². The summed E-state index contributed by atoms with van der Waals surface area (Å²) in [5, 5.41) is 0. The van der Waals surface area contributed by atoms with E-state index in [4.69, 9.17) is 4.74 Å². The molecule has 1 heterocycles. The van der Waals surface area contributed by atoms with E-state index in [-0.39, 0.29) is 24.1 Å². The third-order valence-electron chi connectivity index (χ3n) is 3.36. The first-order valence-corrected chi connectivity index (χ1v) is 6.20. The number of benzene rings is 1. The number of carbonyl (C=O) groups excluding carboxylic acids is 1. The highest BCUT2D eigenvalue weighted by Gasteiger charge is 2.39. The Labute approximate surface area is 107 Å². The lowest BCUT2D eigenvalue weighted by Crippen LogP contribution is -2.35. The molecule has 0 saturated carbocycles. The van der Waals surface area contributed by atoms with Crippen LogP contribution in [0.5, 0.6) is 0 Å². The van der Waals surface area contributed by atoms with Crippen LogP contribution in [0.1, 0.15) is 26.3 Å². The normalized spacial score (nSPS) is 23.6. The van der Waals surface area contributed by atoms with Gasteiger partial charge in [0.05, 0.1) is 6.04 Å². The Hall–Kier alpha value is -1.58. The summed E-state index contributed by atoms with van der Waals surface area (Å²) in [6.07, 6.45) is -0.358. The van der Waals surface area contributed by atoms with Crippen LogP contribution in [0.4, 0.5) is 9.18 Å². The maximum absolute atomic E-state index is 12.8. The van der Waals surface area contributed by atoms with Crippen LogP contribution in [-0.4, -0.2) is 23.1 Å². The third kappa shape index (κ3) is 2.47. The molecule has 1 aliphatic rings. The lowest BCUT2D eigenvalue weighted by Gasteiger charge is -2.22. The standard InChI is InChI=1S/C14H18FNO2/c1-9(2)13-10(3)16(14(17)18-13)8-11-4-6-12(15)7-5-11/h4-7,9-10,13H,8H2,1-3H3/t10-,13?/m1/s1. The molecule has 0 bridgehead atoms. The molecular formula is C14H18FNO2. The van der Waals surface area contributed by atoms with Crippen LogP contribution in [0, 0.1) is 11.7 Å². The number of nitrogens with zero attached hydrogens (tertiary/aromatic N) is 1. The highest BCUT2D eigenvalue weighted by molar-refractivity contribution is 5.70. The van der Waals surface area contributed by atoms with E-state index in [9.17, 15) is 9.18 Å². The molecule has 1 aromatic carbocycles. The zero-order chi connectivity index (χ0) is 13.3. The van der Waals surface area contributed by atoms with Crippen molar-refractivity contribution in [3.05, 3.63) is 35.6 Å². The zero-order valence-corrected chi connectivity index (χ0v) is 10.9. The monoisotopic (exact) mass is 251 g/mol. The Morgan fingerprint density at radius 2 is 1.94 bits per heavy atom. The average molecular weight is 251 g/mol. The third-order valence-corrected chi connectivity index (χ3v) is 3.36. The summed E-state index contributed by atoms with van der Waals surface area (Å²) in [4.78, 5) is 13.5. The van der Waals surface area contributed by atoms with Gasteiger partial charge in [0.2, 0.25) is 0 Å². The number of cyclic esters (lactones) is 1. The lowest BCUT2D eigenvalue weighted by atomic mass is 10.0. The molecule has 0 aliphatic carbocycles. The van der Waals surface area contributed by atoms with Crippen LogP contribution in [0.25, 0.3) is 0 Å². The van der Waals surface area contributed by atoms with E-state index < -0.39 is 0 Å². The number of rotatable bonds is 3. The Morgan fingerprint density at radius 1 is 1.33 bits per heavy atom. The van der Waals surface area contributed by atoms with Crippen molar-refractivity contribution in [3.63, 3.8) is 0 Å². The van der Waals surface area contributed by atoms with E-state index in [0.717, 1.165) is 5.56 Å². The summed E-state index contributed by atoms with van der Waals surface area (Å²) in [5.41, 5.74) is 0.907. The average Bonchev–Trinajstić information content (AvgIpc) is 2.60. The summed E-state index contributed by atoms with van der Waals surface area (Å²) in [7, 11) is 0. The SMILES string of the molecule is CC(C)C1OC(=O)N(Cc2ccc(F)cc2)[C@@H]1C. The molecular weight excluding hydrogens is 233 g/mol. The van der Waals surface area contributed by atoms with Crippen molar-refractivity contribution in [2.45, 2.75) is 39.5 Å². The Bertz CT molecular complexity index is 430. The van der Waals surface area contributed by atoms with E-state index in [1.807, 2.05) is 20.8 Å². The minimum atomic E-state index is -0.287. The van der Waals surface area contributed by atoms with Crippen LogP contribution in [0.3, 0.4) is 0 Å². The molecule has 4 heteroatoms. The second-order valence-electron chi connectivity index (χ2n) is 5.09. The number of ether oxygens (including phenoxy) is 1. The molecule has 0 radical (unpaired) electrons. The molecule has 18 heavy (non-hydrogen) atoms. The van der Waals surface area contributed by atoms with Crippen molar-refractivity contribution in [2.24, 2.45) is 5.92 Å². The molecule has 0 spiro atoms. The Balaban J connectivity index is 2.09. The van der Waals surface area contributed by atoms with Gasteiger partial charge in [0.1, 0.15) is 11.9 Å². The Kier molecular flexibility index (Phi) is 3.55. The van der Waals surface area contributed by atoms with Gasteiger partial charge in [-0.3, -0.25) is 4.90 Å². The zero-order valence-electron chi connectivity index (χ0n) is 10.9. The van der Waals surface area contributed by atoms with Crippen molar-refractivity contribution in [1.82, 2.24) is 4.90 Å². The van der Waals surface area contributed by atoms with E-state index in [1.54, 1.807) is 17.0 Å². The van der Waals surface area contributed by atoms with Crippen molar-refractivity contribution in [1.29, 1.82) is 0 Å². The van der Waals surface area contributed by atoms with Crippen molar-refractivity contribution in [2.75, 3.05) is 0 Å². The lowest BCUT2D eigenvalue weighted by molar-refractivity contribution is 0.104. The number of hydrogen-bond donors (Lipinski definition) is 0. The van der Waals surface area contributed by atoms with E-state index in [0.29, 0.717) is 12.5 Å². The first-order chi connectivity index (χ1) is 8.49. The highest BCUT2D eigenvalue weighted by atomic mass is 19.1. The summed E-state index contributed by atoms with van der Waals surface area (Å²) in [6, 6.07) is 6.24. The topological polar surface area (TPSA) is 29.5 Å². The van der Waals surface area contributed by atoms with Crippen LogP contribution in [-0.2, 0) is 11.3 Å². The molecule has 3 nitrogen and oxygen atoms in total. The largest absolute Gasteiger partial charge is 0.444 e. The maximum atomic E-state index is 12.8. The van der Waals surface area contributed by atoms with Crippen LogP contribution >= 0.6 is 0 Å². The maximum Gasteiger partial charge on any atom is 0.410 e. The van der Waals surface area contributed by atoms with E-state index in [1.165, 1.54) is 12.1 Å². The second-order valence-corrected chi connectivity index (χ2v) is 5.09. The smallest absolute Gasteiger partial charge is 0.410 e. The van der Waals surface area contributed by atoms with Gasteiger partial charge in [-0.2, -0.15) is 0 Å². The molecule has 0 N–H and O–H groups in total. The van der Waals surface area contributed by atoms with Crippen molar-refractivity contribution >= 4 is 6.09 Å². The van der Waals surface area contributed by atoms with Gasteiger partial charge in [0, 0.05) is 6.54 Å². The summed E-state index contributed by atoms with van der Waals surface area (Å²) in [5.74, 6) is 0.0259. The number of hydrogen-bond acceptors (Lipinski definition) is 2. The minimum absolute atomic E-state index is 0.0440.